The summed E-state index contributed by atoms with van der Waals surface area (Å²) in [5, 5.41) is 16.5. The van der Waals surface area contributed by atoms with E-state index in [9.17, 15) is 9.90 Å². The summed E-state index contributed by atoms with van der Waals surface area (Å²) in [6, 6.07) is 15.8. The van der Waals surface area contributed by atoms with Gasteiger partial charge in [0.05, 0.1) is 6.04 Å². The van der Waals surface area contributed by atoms with E-state index in [4.69, 9.17) is 23.2 Å². The van der Waals surface area contributed by atoms with Crippen LogP contribution in [-0.4, -0.2) is 11.0 Å². The number of benzene rings is 3. The third-order valence-electron chi connectivity index (χ3n) is 4.41. The molecule has 5 heteroatoms. The molecule has 27 heavy (non-hydrogen) atoms. The summed E-state index contributed by atoms with van der Waals surface area (Å²) in [7, 11) is 0. The van der Waals surface area contributed by atoms with Crippen molar-refractivity contribution in [3.63, 3.8) is 0 Å². The molecule has 0 aliphatic carbocycles. The van der Waals surface area contributed by atoms with Crippen LogP contribution in [0.2, 0.25) is 10.0 Å². The molecule has 3 aromatic rings. The molecule has 0 aromatic heterocycles. The number of nitrogens with one attached hydrogen (secondary N) is 1. The minimum atomic E-state index is -0.591. The Morgan fingerprint density at radius 1 is 1.07 bits per heavy atom. The van der Waals surface area contributed by atoms with Crippen LogP contribution in [0.15, 0.2) is 54.6 Å². The highest BCUT2D eigenvalue weighted by Crippen LogP contribution is 2.38. The SMILES string of the molecule is CC(C)CC(=O)N[C@H](c1ccc(Cl)cc1Cl)c1c(O)ccc2ccccc12. The number of hydrogen-bond donors (Lipinski definition) is 2. The van der Waals surface area contributed by atoms with Crippen LogP contribution in [0.5, 0.6) is 5.75 Å². The first-order chi connectivity index (χ1) is 12.9. The van der Waals surface area contributed by atoms with E-state index in [2.05, 4.69) is 5.32 Å². The number of carbonyl (C=O) groups is 1. The van der Waals surface area contributed by atoms with Crippen LogP contribution in [0.1, 0.15) is 37.4 Å². The Labute approximate surface area is 168 Å². The fourth-order valence-electron chi connectivity index (χ4n) is 3.22. The lowest BCUT2D eigenvalue weighted by atomic mass is 9.92. The topological polar surface area (TPSA) is 49.3 Å². The molecule has 0 radical (unpaired) electrons. The summed E-state index contributed by atoms with van der Waals surface area (Å²) in [6.07, 6.45) is 0.382. The van der Waals surface area contributed by atoms with Crippen molar-refractivity contribution in [3.8, 4) is 5.75 Å². The average Bonchev–Trinajstić information content (AvgIpc) is 2.60. The monoisotopic (exact) mass is 401 g/mol. The summed E-state index contributed by atoms with van der Waals surface area (Å²) >= 11 is 12.5. The third-order valence-corrected chi connectivity index (χ3v) is 4.97. The predicted molar refractivity (Wildman–Crippen MR) is 112 cm³/mol. The second-order valence-corrected chi connectivity index (χ2v) is 7.83. The van der Waals surface area contributed by atoms with Crippen molar-refractivity contribution in [3.05, 3.63) is 75.8 Å². The fourth-order valence-corrected chi connectivity index (χ4v) is 3.74. The van der Waals surface area contributed by atoms with E-state index in [-0.39, 0.29) is 17.6 Å². The molecule has 140 valence electrons. The molecule has 0 heterocycles. The molecule has 0 saturated heterocycles. The van der Waals surface area contributed by atoms with Crippen LogP contribution in [-0.2, 0) is 4.79 Å². The zero-order chi connectivity index (χ0) is 19.6. The summed E-state index contributed by atoms with van der Waals surface area (Å²) in [4.78, 5) is 12.6. The quantitative estimate of drug-likeness (QED) is 0.542. The van der Waals surface area contributed by atoms with E-state index in [1.165, 1.54) is 0 Å². The molecule has 1 atom stereocenters. The van der Waals surface area contributed by atoms with Gasteiger partial charge >= 0.3 is 0 Å². The van der Waals surface area contributed by atoms with Gasteiger partial charge in [0.1, 0.15) is 5.75 Å². The van der Waals surface area contributed by atoms with Crippen LogP contribution in [0.4, 0.5) is 0 Å². The minimum Gasteiger partial charge on any atom is -0.508 e. The predicted octanol–water partition coefficient (Wildman–Crippen LogP) is 6.10. The lowest BCUT2D eigenvalue weighted by molar-refractivity contribution is -0.122. The molecule has 0 unspecified atom stereocenters. The van der Waals surface area contributed by atoms with Gasteiger partial charge < -0.3 is 10.4 Å². The Bertz CT molecular complexity index is 985. The van der Waals surface area contributed by atoms with Gasteiger partial charge in [-0.15, -0.1) is 0 Å². The number of amides is 1. The van der Waals surface area contributed by atoms with Gasteiger partial charge in [0.25, 0.3) is 0 Å². The number of aromatic hydroxyl groups is 1. The Morgan fingerprint density at radius 2 is 1.81 bits per heavy atom. The maximum Gasteiger partial charge on any atom is 0.221 e. The molecule has 3 nitrogen and oxygen atoms in total. The van der Waals surface area contributed by atoms with Crippen molar-refractivity contribution < 1.29 is 9.90 Å². The van der Waals surface area contributed by atoms with E-state index >= 15 is 0 Å². The van der Waals surface area contributed by atoms with Gasteiger partial charge in [0.2, 0.25) is 5.91 Å². The van der Waals surface area contributed by atoms with Gasteiger partial charge in [-0.3, -0.25) is 4.79 Å². The second-order valence-electron chi connectivity index (χ2n) is 6.98. The summed E-state index contributed by atoms with van der Waals surface area (Å²) < 4.78 is 0. The first-order valence-electron chi connectivity index (χ1n) is 8.81. The largest absolute Gasteiger partial charge is 0.508 e. The lowest BCUT2D eigenvalue weighted by Crippen LogP contribution is -2.30. The number of hydrogen-bond acceptors (Lipinski definition) is 2. The average molecular weight is 402 g/mol. The van der Waals surface area contributed by atoms with E-state index in [1.807, 2.05) is 44.2 Å². The van der Waals surface area contributed by atoms with Crippen LogP contribution >= 0.6 is 23.2 Å². The summed E-state index contributed by atoms with van der Waals surface area (Å²) in [6.45, 7) is 3.97. The molecule has 0 fully saturated rings. The van der Waals surface area contributed by atoms with Crippen molar-refractivity contribution in [2.24, 2.45) is 5.92 Å². The van der Waals surface area contributed by atoms with Crippen molar-refractivity contribution in [2.45, 2.75) is 26.3 Å². The van der Waals surface area contributed by atoms with Crippen molar-refractivity contribution >= 4 is 39.9 Å². The molecule has 2 N–H and O–H groups in total. The number of phenols is 1. The molecule has 1 amide bonds. The zero-order valence-electron chi connectivity index (χ0n) is 15.2. The molecule has 3 aromatic carbocycles. The van der Waals surface area contributed by atoms with E-state index in [1.54, 1.807) is 24.3 Å². The molecule has 0 saturated carbocycles. The highest BCUT2D eigenvalue weighted by molar-refractivity contribution is 6.35. The Hall–Kier alpha value is -2.23. The molecule has 0 bridgehead atoms. The fraction of sp³-hybridized carbons (Fsp3) is 0.227. The normalized spacial score (nSPS) is 12.3. The molecule has 0 spiro atoms. The maximum atomic E-state index is 12.6. The first kappa shape index (κ1) is 19.5. The Kier molecular flexibility index (Phi) is 5.93. The number of halogens is 2. The number of phenolic OH excluding ortho intramolecular Hbond substituents is 1. The minimum absolute atomic E-state index is 0.103. The Balaban J connectivity index is 2.18. The van der Waals surface area contributed by atoms with Crippen LogP contribution < -0.4 is 5.32 Å². The molecular formula is C22H21Cl2NO2. The third kappa shape index (κ3) is 4.37. The lowest BCUT2D eigenvalue weighted by Gasteiger charge is -2.24. The van der Waals surface area contributed by atoms with Gasteiger partial charge in [0.15, 0.2) is 0 Å². The van der Waals surface area contributed by atoms with Crippen LogP contribution in [0, 0.1) is 5.92 Å². The smallest absolute Gasteiger partial charge is 0.221 e. The number of carbonyl (C=O) groups excluding carboxylic acids is 1. The van der Waals surface area contributed by atoms with Gasteiger partial charge in [-0.25, -0.2) is 0 Å². The van der Waals surface area contributed by atoms with Crippen LogP contribution in [0.25, 0.3) is 10.8 Å². The maximum absolute atomic E-state index is 12.6. The van der Waals surface area contributed by atoms with E-state index in [0.29, 0.717) is 27.6 Å². The molecule has 0 aliphatic heterocycles. The highest BCUT2D eigenvalue weighted by Gasteiger charge is 2.24. The standard InChI is InChI=1S/C22H21Cl2NO2/c1-13(2)11-20(27)25-22(17-9-8-15(23)12-18(17)24)21-16-6-4-3-5-14(16)7-10-19(21)26/h3-10,12-13,22,26H,11H2,1-2H3,(H,25,27)/t22-/m1/s1. The Morgan fingerprint density at radius 3 is 2.52 bits per heavy atom. The molecule has 3 rings (SSSR count). The number of fused-ring (bicyclic) bond motifs is 1. The van der Waals surface area contributed by atoms with Gasteiger partial charge in [0, 0.05) is 22.0 Å². The summed E-state index contributed by atoms with van der Waals surface area (Å²) in [5.41, 5.74) is 1.30. The second kappa shape index (κ2) is 8.20. The van der Waals surface area contributed by atoms with Gasteiger partial charge in [-0.2, -0.15) is 0 Å². The summed E-state index contributed by atoms with van der Waals surface area (Å²) in [5.74, 6) is 0.218. The van der Waals surface area contributed by atoms with Crippen molar-refractivity contribution in [1.82, 2.24) is 5.32 Å². The van der Waals surface area contributed by atoms with Crippen molar-refractivity contribution in [2.75, 3.05) is 0 Å². The van der Waals surface area contributed by atoms with Crippen LogP contribution in [0.3, 0.4) is 0 Å². The number of rotatable bonds is 5. The zero-order valence-corrected chi connectivity index (χ0v) is 16.7. The highest BCUT2D eigenvalue weighted by atomic mass is 35.5. The van der Waals surface area contributed by atoms with Crippen molar-refractivity contribution in [1.29, 1.82) is 0 Å². The first-order valence-corrected chi connectivity index (χ1v) is 9.57. The van der Waals surface area contributed by atoms with E-state index < -0.39 is 6.04 Å². The molecule has 0 aliphatic rings. The molecular weight excluding hydrogens is 381 g/mol. The van der Waals surface area contributed by atoms with Gasteiger partial charge in [-0.1, -0.05) is 73.4 Å². The van der Waals surface area contributed by atoms with Gasteiger partial charge in [-0.05, 0) is 40.5 Å². The van der Waals surface area contributed by atoms with E-state index in [0.717, 1.165) is 10.8 Å².